The molecule has 2 aromatic carbocycles. The first kappa shape index (κ1) is 16.8. The Morgan fingerprint density at radius 1 is 1.30 bits per heavy atom. The molecule has 0 heterocycles. The summed E-state index contributed by atoms with van der Waals surface area (Å²) in [4.78, 5) is 22.4. The Labute approximate surface area is 140 Å². The van der Waals surface area contributed by atoms with Crippen molar-refractivity contribution in [2.24, 2.45) is 0 Å². The number of ether oxygens (including phenoxy) is 2. The molecule has 0 atom stereocenters. The van der Waals surface area contributed by atoms with E-state index in [0.717, 1.165) is 5.56 Å². The summed E-state index contributed by atoms with van der Waals surface area (Å²) < 4.78 is 10.3. The van der Waals surface area contributed by atoms with E-state index < -0.39 is 11.0 Å². The number of hydrogen-bond acceptors (Lipinski definition) is 5. The lowest BCUT2D eigenvalue weighted by molar-refractivity contribution is -0.384. The highest BCUT2D eigenvalue weighted by Crippen LogP contribution is 2.36. The zero-order chi connectivity index (χ0) is 16.8. The Hall–Kier alpha value is -2.61. The lowest BCUT2D eigenvalue weighted by atomic mass is 10.2. The van der Waals surface area contributed by atoms with Gasteiger partial charge in [0.1, 0.15) is 18.0 Å². The number of rotatable bonds is 5. The fourth-order valence-corrected chi connectivity index (χ4v) is 2.34. The van der Waals surface area contributed by atoms with Crippen molar-refractivity contribution in [3.63, 3.8) is 0 Å². The van der Waals surface area contributed by atoms with Crippen molar-refractivity contribution in [1.29, 1.82) is 0 Å². The number of benzene rings is 2. The van der Waals surface area contributed by atoms with E-state index in [9.17, 15) is 14.9 Å². The first-order valence-corrected chi connectivity index (χ1v) is 7.30. The van der Waals surface area contributed by atoms with Crippen LogP contribution in [-0.2, 0) is 11.3 Å². The second-order valence-electron chi connectivity index (χ2n) is 4.45. The maximum absolute atomic E-state index is 11.9. The number of nitro benzene ring substituents is 1. The Bertz CT molecular complexity index is 721. The Morgan fingerprint density at radius 2 is 2.00 bits per heavy atom. The van der Waals surface area contributed by atoms with Crippen LogP contribution in [0.5, 0.6) is 5.75 Å². The number of methoxy groups -OCH3 is 1. The van der Waals surface area contributed by atoms with Crippen LogP contribution in [-0.4, -0.2) is 18.1 Å². The predicted octanol–water partition coefficient (Wildman–Crippen LogP) is 4.11. The highest BCUT2D eigenvalue weighted by atomic mass is 79.9. The van der Waals surface area contributed by atoms with Gasteiger partial charge in [0.05, 0.1) is 22.6 Å². The van der Waals surface area contributed by atoms with E-state index in [1.165, 1.54) is 19.2 Å². The smallest absolute Gasteiger partial charge is 0.412 e. The maximum Gasteiger partial charge on any atom is 0.412 e. The number of nitrogens with zero attached hydrogens (tertiary/aromatic N) is 1. The number of nitrogens with one attached hydrogen (secondary N) is 1. The number of halogens is 1. The summed E-state index contributed by atoms with van der Waals surface area (Å²) in [5, 5.41) is 13.5. The van der Waals surface area contributed by atoms with Gasteiger partial charge in [0.15, 0.2) is 0 Å². The summed E-state index contributed by atoms with van der Waals surface area (Å²) in [6, 6.07) is 11.8. The molecule has 7 nitrogen and oxygen atoms in total. The van der Waals surface area contributed by atoms with Crippen LogP contribution in [0.15, 0.2) is 46.9 Å². The van der Waals surface area contributed by atoms with Gasteiger partial charge in [-0.15, -0.1) is 0 Å². The average Bonchev–Trinajstić information content (AvgIpc) is 2.55. The summed E-state index contributed by atoms with van der Waals surface area (Å²) in [7, 11) is 1.40. The monoisotopic (exact) mass is 380 g/mol. The molecule has 23 heavy (non-hydrogen) atoms. The molecular weight excluding hydrogens is 368 g/mol. The molecule has 1 N–H and O–H groups in total. The van der Waals surface area contributed by atoms with Crippen molar-refractivity contribution >= 4 is 33.4 Å². The van der Waals surface area contributed by atoms with Gasteiger partial charge in [-0.2, -0.15) is 0 Å². The van der Waals surface area contributed by atoms with Crippen molar-refractivity contribution in [3.05, 3.63) is 62.6 Å². The molecule has 0 saturated heterocycles. The van der Waals surface area contributed by atoms with Gasteiger partial charge in [0, 0.05) is 0 Å². The molecule has 8 heteroatoms. The van der Waals surface area contributed by atoms with Gasteiger partial charge in [-0.25, -0.2) is 4.79 Å². The zero-order valence-electron chi connectivity index (χ0n) is 12.1. The Balaban J connectivity index is 2.12. The van der Waals surface area contributed by atoms with E-state index in [-0.39, 0.29) is 18.0 Å². The minimum absolute atomic E-state index is 0.00821. The largest absolute Gasteiger partial charge is 0.496 e. The third kappa shape index (κ3) is 4.43. The minimum Gasteiger partial charge on any atom is -0.496 e. The first-order chi connectivity index (χ1) is 11.0. The van der Waals surface area contributed by atoms with Crippen LogP contribution in [0.25, 0.3) is 0 Å². The molecule has 0 bridgehead atoms. The fraction of sp³-hybridized carbons (Fsp3) is 0.133. The number of nitro groups is 1. The molecule has 0 radical (unpaired) electrons. The average molecular weight is 381 g/mol. The minimum atomic E-state index is -0.789. The molecule has 0 unspecified atom stereocenters. The lowest BCUT2D eigenvalue weighted by Gasteiger charge is -2.10. The third-order valence-electron chi connectivity index (χ3n) is 2.92. The van der Waals surface area contributed by atoms with Crippen molar-refractivity contribution in [3.8, 4) is 5.75 Å². The van der Waals surface area contributed by atoms with E-state index in [4.69, 9.17) is 9.47 Å². The van der Waals surface area contributed by atoms with Crippen molar-refractivity contribution < 1.29 is 19.2 Å². The number of hydrogen-bond donors (Lipinski definition) is 1. The zero-order valence-corrected chi connectivity index (χ0v) is 13.7. The maximum atomic E-state index is 11.9. The molecule has 0 fully saturated rings. The second-order valence-corrected chi connectivity index (χ2v) is 5.30. The quantitative estimate of drug-likeness (QED) is 0.622. The lowest BCUT2D eigenvalue weighted by Crippen LogP contribution is -2.15. The molecule has 0 aliphatic heterocycles. The number of carbonyl (C=O) groups is 1. The van der Waals surface area contributed by atoms with Crippen LogP contribution in [0, 0.1) is 10.1 Å². The molecule has 0 aliphatic rings. The van der Waals surface area contributed by atoms with Gasteiger partial charge in [-0.1, -0.05) is 30.3 Å². The molecular formula is C15H13BrN2O5. The van der Waals surface area contributed by atoms with Gasteiger partial charge in [0.2, 0.25) is 0 Å². The number of carbonyl (C=O) groups excluding carboxylic acids is 1. The summed E-state index contributed by atoms with van der Waals surface area (Å²) in [5.41, 5.74) is 0.521. The molecule has 0 saturated carbocycles. The topological polar surface area (TPSA) is 90.7 Å². The second kappa shape index (κ2) is 7.59. The predicted molar refractivity (Wildman–Crippen MR) is 87.6 cm³/mol. The van der Waals surface area contributed by atoms with E-state index >= 15 is 0 Å². The van der Waals surface area contributed by atoms with E-state index in [1.807, 2.05) is 18.2 Å². The van der Waals surface area contributed by atoms with Crippen molar-refractivity contribution in [2.45, 2.75) is 6.61 Å². The molecule has 0 spiro atoms. The normalized spacial score (nSPS) is 10.0. The summed E-state index contributed by atoms with van der Waals surface area (Å²) in [5.74, 6) is 0.298. The van der Waals surface area contributed by atoms with E-state index in [1.54, 1.807) is 12.1 Å². The van der Waals surface area contributed by atoms with Gasteiger partial charge < -0.3 is 9.47 Å². The van der Waals surface area contributed by atoms with Crippen LogP contribution in [0.2, 0.25) is 0 Å². The SMILES string of the molecule is COc1cc(Br)c(NC(=O)OCc2ccccc2)c([N+](=O)[O-])c1. The molecule has 0 aliphatic carbocycles. The number of anilines is 1. The van der Waals surface area contributed by atoms with Gasteiger partial charge in [-0.05, 0) is 27.6 Å². The van der Waals surface area contributed by atoms with Crippen LogP contribution in [0.4, 0.5) is 16.2 Å². The van der Waals surface area contributed by atoms with Crippen LogP contribution < -0.4 is 10.1 Å². The Morgan fingerprint density at radius 3 is 2.61 bits per heavy atom. The first-order valence-electron chi connectivity index (χ1n) is 6.51. The van der Waals surface area contributed by atoms with Gasteiger partial charge >= 0.3 is 6.09 Å². The molecule has 1 amide bonds. The van der Waals surface area contributed by atoms with Gasteiger partial charge in [0.25, 0.3) is 5.69 Å². The van der Waals surface area contributed by atoms with Crippen molar-refractivity contribution in [2.75, 3.05) is 12.4 Å². The van der Waals surface area contributed by atoms with Crippen LogP contribution in [0.3, 0.4) is 0 Å². The molecule has 120 valence electrons. The summed E-state index contributed by atoms with van der Waals surface area (Å²) >= 11 is 3.18. The van der Waals surface area contributed by atoms with Crippen LogP contribution >= 0.6 is 15.9 Å². The van der Waals surface area contributed by atoms with E-state index in [2.05, 4.69) is 21.2 Å². The fourth-order valence-electron chi connectivity index (χ4n) is 1.81. The summed E-state index contributed by atoms with van der Waals surface area (Å²) in [6.07, 6.45) is -0.789. The highest BCUT2D eigenvalue weighted by molar-refractivity contribution is 9.10. The molecule has 2 rings (SSSR count). The number of amides is 1. The Kier molecular flexibility index (Phi) is 5.53. The highest BCUT2D eigenvalue weighted by Gasteiger charge is 2.21. The van der Waals surface area contributed by atoms with E-state index in [0.29, 0.717) is 10.2 Å². The summed E-state index contributed by atoms with van der Waals surface area (Å²) in [6.45, 7) is 0.0637. The third-order valence-corrected chi connectivity index (χ3v) is 3.54. The standard InChI is InChI=1S/C15H13BrN2O5/c1-22-11-7-12(16)14(13(8-11)18(20)21)17-15(19)23-9-10-5-3-2-4-6-10/h2-8H,9H2,1H3,(H,17,19). The van der Waals surface area contributed by atoms with Crippen LogP contribution in [0.1, 0.15) is 5.56 Å². The molecule has 2 aromatic rings. The molecule has 0 aromatic heterocycles. The van der Waals surface area contributed by atoms with Gasteiger partial charge in [-0.3, -0.25) is 15.4 Å². The van der Waals surface area contributed by atoms with Crippen molar-refractivity contribution in [1.82, 2.24) is 0 Å².